The Balaban J connectivity index is 4.08. The van der Waals surface area contributed by atoms with Crippen LogP contribution in [-0.4, -0.2) is 38.0 Å². The number of hydrogen-bond acceptors (Lipinski definition) is 5. The van der Waals surface area contributed by atoms with E-state index in [0.717, 1.165) is 32.1 Å². The van der Waals surface area contributed by atoms with Gasteiger partial charge in [0.2, 0.25) is 17.3 Å². The van der Waals surface area contributed by atoms with Crippen LogP contribution in [0.1, 0.15) is 64.7 Å². The van der Waals surface area contributed by atoms with Crippen LogP contribution in [0.25, 0.3) is 0 Å². The summed E-state index contributed by atoms with van der Waals surface area (Å²) in [4.78, 5) is 23.1. The lowest BCUT2D eigenvalue weighted by molar-refractivity contribution is -0.116. The van der Waals surface area contributed by atoms with E-state index in [1.54, 1.807) is 6.92 Å². The second-order valence-corrected chi connectivity index (χ2v) is 5.78. The Labute approximate surface area is 145 Å². The van der Waals surface area contributed by atoms with E-state index in [1.165, 1.54) is 39.9 Å². The van der Waals surface area contributed by atoms with Gasteiger partial charge in [-0.2, -0.15) is 0 Å². The van der Waals surface area contributed by atoms with E-state index in [9.17, 15) is 9.59 Å². The molecule has 0 aliphatic carbocycles. The molecule has 0 spiro atoms. The number of Topliss-reactive ketones (excluding diaryl/α,β-unsaturated/α-hetero) is 1. The summed E-state index contributed by atoms with van der Waals surface area (Å²) >= 11 is 0. The third-order valence-corrected chi connectivity index (χ3v) is 3.88. The minimum absolute atomic E-state index is 0.0517. The summed E-state index contributed by atoms with van der Waals surface area (Å²) in [6.07, 6.45) is 12.2. The highest BCUT2D eigenvalue weighted by Gasteiger charge is 2.18. The van der Waals surface area contributed by atoms with Gasteiger partial charge >= 0.3 is 0 Å². The van der Waals surface area contributed by atoms with E-state index < -0.39 is 0 Å². The lowest BCUT2D eigenvalue weighted by Gasteiger charge is -2.08. The predicted octanol–water partition coefficient (Wildman–Crippen LogP) is 3.71. The van der Waals surface area contributed by atoms with E-state index in [-0.39, 0.29) is 17.3 Å². The van der Waals surface area contributed by atoms with E-state index >= 15 is 0 Å². The average Bonchev–Trinajstić information content (AvgIpc) is 2.60. The Bertz CT molecular complexity index is 423. The van der Waals surface area contributed by atoms with Crippen LogP contribution in [-0.2, 0) is 19.1 Å². The van der Waals surface area contributed by atoms with Crippen LogP contribution in [0.3, 0.4) is 0 Å². The van der Waals surface area contributed by atoms with Gasteiger partial charge in [0, 0.05) is 6.61 Å². The monoisotopic (exact) mass is 340 g/mol. The van der Waals surface area contributed by atoms with Crippen molar-refractivity contribution in [3.63, 3.8) is 0 Å². The van der Waals surface area contributed by atoms with Gasteiger partial charge in [-0.05, 0) is 31.8 Å². The number of unbranched alkanes of at least 4 members (excludes halogenated alkanes) is 8. The Kier molecular flexibility index (Phi) is 13.9. The number of methoxy groups -OCH3 is 2. The van der Waals surface area contributed by atoms with Gasteiger partial charge in [-0.1, -0.05) is 44.6 Å². The first kappa shape index (κ1) is 22.4. The van der Waals surface area contributed by atoms with E-state index in [4.69, 9.17) is 14.6 Å². The van der Waals surface area contributed by atoms with Gasteiger partial charge in [0.05, 0.1) is 14.2 Å². The fourth-order valence-electron chi connectivity index (χ4n) is 2.41. The quantitative estimate of drug-likeness (QED) is 0.213. The van der Waals surface area contributed by atoms with Gasteiger partial charge in [0.25, 0.3) is 0 Å². The highest BCUT2D eigenvalue weighted by molar-refractivity contribution is 6.08. The number of ether oxygens (including phenoxy) is 2. The van der Waals surface area contributed by atoms with Crippen LogP contribution in [0.15, 0.2) is 23.2 Å². The molecule has 0 unspecified atom stereocenters. The van der Waals surface area contributed by atoms with Gasteiger partial charge in [-0.25, -0.2) is 0 Å². The lowest BCUT2D eigenvalue weighted by atomic mass is 10.0. The van der Waals surface area contributed by atoms with Crippen molar-refractivity contribution in [1.82, 2.24) is 0 Å². The number of aldehydes is 1. The Hall–Kier alpha value is -1.62. The number of allylic oxidation sites excluding steroid dienone is 3. The fourth-order valence-corrected chi connectivity index (χ4v) is 2.41. The molecule has 0 saturated heterocycles. The Morgan fingerprint density at radius 2 is 1.46 bits per heavy atom. The molecule has 0 rings (SSSR count). The van der Waals surface area contributed by atoms with Crippen LogP contribution in [0.5, 0.6) is 0 Å². The molecule has 0 heterocycles. The van der Waals surface area contributed by atoms with E-state index in [0.29, 0.717) is 18.5 Å². The fraction of sp³-hybridized carbons (Fsp3) is 0.684. The molecule has 0 radical (unpaired) electrons. The second-order valence-electron chi connectivity index (χ2n) is 5.78. The third-order valence-electron chi connectivity index (χ3n) is 3.88. The van der Waals surface area contributed by atoms with Gasteiger partial charge in [-0.3, -0.25) is 9.59 Å². The standard InChI is InChI=1S/C19H32O5/c1-16(18(22)19(24-3)17(15-21)23-2)13-11-9-7-5-4-6-8-10-12-14-20/h13,15,20H,4-12,14H2,1-3H3/b16-13+,19-17-. The Morgan fingerprint density at radius 1 is 0.917 bits per heavy atom. The van der Waals surface area contributed by atoms with Crippen molar-refractivity contribution in [1.29, 1.82) is 0 Å². The maximum atomic E-state index is 12.2. The van der Waals surface area contributed by atoms with Crippen molar-refractivity contribution in [3.05, 3.63) is 23.2 Å². The number of ketones is 1. The molecule has 0 fully saturated rings. The number of carbonyl (C=O) groups excluding carboxylic acids is 2. The highest BCUT2D eigenvalue weighted by Crippen LogP contribution is 2.14. The summed E-state index contributed by atoms with van der Waals surface area (Å²) in [6, 6.07) is 0. The molecule has 0 aliphatic heterocycles. The summed E-state index contributed by atoms with van der Waals surface area (Å²) in [6.45, 7) is 2.02. The smallest absolute Gasteiger partial charge is 0.226 e. The minimum atomic E-state index is -0.315. The zero-order valence-corrected chi connectivity index (χ0v) is 15.3. The first-order chi connectivity index (χ1) is 11.6. The number of aliphatic hydroxyl groups is 1. The highest BCUT2D eigenvalue weighted by atomic mass is 16.5. The van der Waals surface area contributed by atoms with Crippen molar-refractivity contribution >= 4 is 12.1 Å². The molecule has 138 valence electrons. The summed E-state index contributed by atoms with van der Waals surface area (Å²) in [5.74, 6) is -0.453. The molecule has 0 aromatic rings. The van der Waals surface area contributed by atoms with Crippen LogP contribution in [0.2, 0.25) is 0 Å². The zero-order valence-electron chi connectivity index (χ0n) is 15.3. The maximum absolute atomic E-state index is 12.2. The van der Waals surface area contributed by atoms with Crippen LogP contribution in [0.4, 0.5) is 0 Å². The molecule has 0 aliphatic rings. The molecule has 24 heavy (non-hydrogen) atoms. The van der Waals surface area contributed by atoms with Gasteiger partial charge in [0.15, 0.2) is 6.29 Å². The maximum Gasteiger partial charge on any atom is 0.226 e. The first-order valence-corrected chi connectivity index (χ1v) is 8.72. The van der Waals surface area contributed by atoms with Crippen LogP contribution >= 0.6 is 0 Å². The summed E-state index contributed by atoms with van der Waals surface area (Å²) in [7, 11) is 2.68. The molecule has 0 saturated carbocycles. The van der Waals surface area contributed by atoms with Crippen LogP contribution < -0.4 is 0 Å². The molecule has 0 aromatic carbocycles. The normalized spacial score (nSPS) is 12.6. The van der Waals surface area contributed by atoms with Crippen molar-refractivity contribution in [2.45, 2.75) is 64.7 Å². The van der Waals surface area contributed by atoms with Crippen molar-refractivity contribution in [2.24, 2.45) is 0 Å². The van der Waals surface area contributed by atoms with Gasteiger partial charge in [-0.15, -0.1) is 0 Å². The predicted molar refractivity (Wildman–Crippen MR) is 94.5 cm³/mol. The van der Waals surface area contributed by atoms with Gasteiger partial charge < -0.3 is 14.6 Å². The molecule has 0 atom stereocenters. The number of carbonyl (C=O) groups is 2. The number of rotatable bonds is 15. The van der Waals surface area contributed by atoms with Crippen molar-refractivity contribution in [3.8, 4) is 0 Å². The molecule has 0 aromatic heterocycles. The average molecular weight is 340 g/mol. The molecule has 0 bridgehead atoms. The molecule has 1 N–H and O–H groups in total. The van der Waals surface area contributed by atoms with E-state index in [1.807, 2.05) is 6.08 Å². The van der Waals surface area contributed by atoms with E-state index in [2.05, 4.69) is 0 Å². The SMILES string of the molecule is CO/C(C=O)=C(\OC)C(=O)/C(C)=C/CCCCCCCCCCO. The summed E-state index contributed by atoms with van der Waals surface area (Å²) in [5, 5.41) is 8.69. The molecule has 5 nitrogen and oxygen atoms in total. The zero-order chi connectivity index (χ0) is 18.2. The third kappa shape index (κ3) is 9.50. The summed E-state index contributed by atoms with van der Waals surface area (Å²) in [5.41, 5.74) is 0.562. The number of aliphatic hydroxyl groups excluding tert-OH is 1. The number of hydrogen-bond donors (Lipinski definition) is 1. The lowest BCUT2D eigenvalue weighted by Crippen LogP contribution is -2.11. The van der Waals surface area contributed by atoms with Crippen molar-refractivity contribution in [2.75, 3.05) is 20.8 Å². The van der Waals surface area contributed by atoms with Crippen LogP contribution in [0, 0.1) is 0 Å². The molecular weight excluding hydrogens is 308 g/mol. The Morgan fingerprint density at radius 3 is 1.92 bits per heavy atom. The molecule has 0 amide bonds. The molecular formula is C19H32O5. The second kappa shape index (κ2) is 14.9. The van der Waals surface area contributed by atoms with Gasteiger partial charge in [0.1, 0.15) is 0 Å². The topological polar surface area (TPSA) is 72.8 Å². The minimum Gasteiger partial charge on any atom is -0.490 e. The summed E-state index contributed by atoms with van der Waals surface area (Å²) < 4.78 is 9.85. The first-order valence-electron chi connectivity index (χ1n) is 8.72. The van der Waals surface area contributed by atoms with Crippen molar-refractivity contribution < 1.29 is 24.2 Å². The molecule has 5 heteroatoms. The largest absolute Gasteiger partial charge is 0.490 e.